The number of nitro benzene ring substituents is 2. The van der Waals surface area contributed by atoms with Gasteiger partial charge in [0.1, 0.15) is 16.6 Å². The monoisotopic (exact) mass is 437 g/mol. The van der Waals surface area contributed by atoms with Crippen LogP contribution in [-0.2, 0) is 0 Å². The Kier molecular flexibility index (Phi) is 6.23. The molecule has 0 aliphatic rings. The average molecular weight is 437 g/mol. The molecule has 156 valence electrons. The van der Waals surface area contributed by atoms with Crippen molar-refractivity contribution in [3.05, 3.63) is 78.8 Å². The number of nitrogens with one attached hydrogen (secondary N) is 1. The molecule has 0 bridgehead atoms. The van der Waals surface area contributed by atoms with Crippen molar-refractivity contribution >= 4 is 34.0 Å². The van der Waals surface area contributed by atoms with Crippen LogP contribution in [0.2, 0.25) is 0 Å². The number of non-ortho nitro benzene ring substituents is 1. The number of methoxy groups -OCH3 is 1. The highest BCUT2D eigenvalue weighted by Gasteiger charge is 2.17. The summed E-state index contributed by atoms with van der Waals surface area (Å²) in [6, 6.07) is 10.9. The molecule has 3 rings (SSSR count). The zero-order valence-electron chi connectivity index (χ0n) is 16.4. The van der Waals surface area contributed by atoms with Crippen LogP contribution in [0.1, 0.15) is 10.6 Å². The van der Waals surface area contributed by atoms with Gasteiger partial charge >= 0.3 is 5.69 Å². The van der Waals surface area contributed by atoms with Gasteiger partial charge in [0.05, 0.1) is 22.7 Å². The molecule has 3 aromatic rings. The summed E-state index contributed by atoms with van der Waals surface area (Å²) in [5, 5.41) is 36.6. The lowest BCUT2D eigenvalue weighted by molar-refractivity contribution is -0.385. The van der Waals surface area contributed by atoms with Crippen LogP contribution >= 0.6 is 11.3 Å². The summed E-state index contributed by atoms with van der Waals surface area (Å²) in [4.78, 5) is 25.3. The van der Waals surface area contributed by atoms with Gasteiger partial charge < -0.3 is 10.1 Å². The molecule has 0 aliphatic heterocycles. The fourth-order valence-corrected chi connectivity index (χ4v) is 3.50. The maximum absolute atomic E-state index is 11.1. The largest absolute Gasteiger partial charge is 0.490 e. The number of anilines is 1. The van der Waals surface area contributed by atoms with E-state index in [1.165, 1.54) is 48.9 Å². The molecule has 31 heavy (non-hydrogen) atoms. The number of nitro groups is 2. The van der Waals surface area contributed by atoms with E-state index in [1.807, 2.05) is 0 Å². The first-order valence-corrected chi connectivity index (χ1v) is 9.62. The minimum atomic E-state index is -0.526. The van der Waals surface area contributed by atoms with Crippen LogP contribution in [0, 0.1) is 38.5 Å². The molecule has 0 spiro atoms. The Morgan fingerprint density at radius 3 is 2.52 bits per heavy atom. The number of rotatable bonds is 7. The zero-order valence-corrected chi connectivity index (χ0v) is 17.2. The van der Waals surface area contributed by atoms with E-state index in [0.29, 0.717) is 27.5 Å². The average Bonchev–Trinajstić information content (AvgIpc) is 3.24. The molecule has 11 heteroatoms. The van der Waals surface area contributed by atoms with Gasteiger partial charge in [-0.1, -0.05) is 0 Å². The van der Waals surface area contributed by atoms with Crippen LogP contribution in [0.3, 0.4) is 0 Å². The third-order valence-electron chi connectivity index (χ3n) is 4.32. The topological polar surface area (TPSA) is 144 Å². The number of hydrogen-bond acceptors (Lipinski definition) is 9. The molecule has 2 aromatic carbocycles. The number of allylic oxidation sites excluding steroid dienone is 1. The van der Waals surface area contributed by atoms with Crippen molar-refractivity contribution in [1.29, 1.82) is 5.26 Å². The maximum Gasteiger partial charge on any atom is 0.311 e. The predicted molar refractivity (Wildman–Crippen MR) is 116 cm³/mol. The van der Waals surface area contributed by atoms with Gasteiger partial charge in [0.25, 0.3) is 5.69 Å². The van der Waals surface area contributed by atoms with Crippen molar-refractivity contribution in [2.45, 2.75) is 6.92 Å². The molecule has 0 amide bonds. The van der Waals surface area contributed by atoms with Gasteiger partial charge in [0, 0.05) is 47.1 Å². The zero-order chi connectivity index (χ0) is 22.5. The molecule has 0 saturated carbocycles. The number of benzene rings is 2. The molecule has 0 radical (unpaired) electrons. The lowest BCUT2D eigenvalue weighted by Crippen LogP contribution is -1.99. The summed E-state index contributed by atoms with van der Waals surface area (Å²) in [5.74, 6) is 0.0970. The lowest BCUT2D eigenvalue weighted by atomic mass is 10.1. The van der Waals surface area contributed by atoms with Gasteiger partial charge in [-0.25, -0.2) is 4.98 Å². The van der Waals surface area contributed by atoms with Gasteiger partial charge in [0.2, 0.25) is 0 Å². The standard InChI is InChI=1S/C20H15N5O5S/c1-12-7-18(25(28)29)19(30-2)8-16(12)22-10-14(9-21)20-23-17(11-31-20)13-3-5-15(6-4-13)24(26)27/h3-8,10-11,22H,1-2H3/b14-10+. The second-order valence-corrected chi connectivity index (χ2v) is 7.11. The molecule has 0 unspecified atom stereocenters. The second-order valence-electron chi connectivity index (χ2n) is 6.25. The molecular formula is C20H15N5O5S. The van der Waals surface area contributed by atoms with Crippen molar-refractivity contribution in [2.24, 2.45) is 0 Å². The highest BCUT2D eigenvalue weighted by molar-refractivity contribution is 7.11. The minimum Gasteiger partial charge on any atom is -0.490 e. The molecule has 1 N–H and O–H groups in total. The van der Waals surface area contributed by atoms with E-state index in [9.17, 15) is 25.5 Å². The fraction of sp³-hybridized carbons (Fsp3) is 0.100. The fourth-order valence-electron chi connectivity index (χ4n) is 2.71. The summed E-state index contributed by atoms with van der Waals surface area (Å²) in [5.41, 5.74) is 2.51. The summed E-state index contributed by atoms with van der Waals surface area (Å²) in [7, 11) is 1.34. The first-order valence-electron chi connectivity index (χ1n) is 8.74. The van der Waals surface area contributed by atoms with Crippen molar-refractivity contribution in [1.82, 2.24) is 4.98 Å². The van der Waals surface area contributed by atoms with Gasteiger partial charge in [-0.2, -0.15) is 5.26 Å². The Balaban J connectivity index is 1.86. The first kappa shape index (κ1) is 21.4. The molecule has 1 aromatic heterocycles. The van der Waals surface area contributed by atoms with E-state index >= 15 is 0 Å². The summed E-state index contributed by atoms with van der Waals surface area (Å²) >= 11 is 1.25. The Morgan fingerprint density at radius 1 is 1.23 bits per heavy atom. The van der Waals surface area contributed by atoms with Crippen molar-refractivity contribution in [3.63, 3.8) is 0 Å². The van der Waals surface area contributed by atoms with Gasteiger partial charge in [-0.3, -0.25) is 20.2 Å². The van der Waals surface area contributed by atoms with Crippen LogP contribution in [0.5, 0.6) is 5.75 Å². The molecule has 0 aliphatic carbocycles. The normalized spacial score (nSPS) is 10.9. The van der Waals surface area contributed by atoms with Crippen molar-refractivity contribution in [3.8, 4) is 23.1 Å². The first-order chi connectivity index (χ1) is 14.8. The van der Waals surface area contributed by atoms with Crippen LogP contribution in [0.4, 0.5) is 17.1 Å². The maximum atomic E-state index is 11.1. The van der Waals surface area contributed by atoms with Gasteiger partial charge in [0.15, 0.2) is 5.75 Å². The van der Waals surface area contributed by atoms with Crippen LogP contribution in [0.15, 0.2) is 48.0 Å². The lowest BCUT2D eigenvalue weighted by Gasteiger charge is -2.09. The quantitative estimate of drug-likeness (QED) is 0.311. The molecule has 0 saturated heterocycles. The Bertz CT molecular complexity index is 1230. The van der Waals surface area contributed by atoms with E-state index < -0.39 is 9.85 Å². The van der Waals surface area contributed by atoms with Crippen LogP contribution < -0.4 is 10.1 Å². The third kappa shape index (κ3) is 4.65. The van der Waals surface area contributed by atoms with Gasteiger partial charge in [-0.05, 0) is 24.6 Å². The second kappa shape index (κ2) is 9.02. The Morgan fingerprint density at radius 2 is 1.94 bits per heavy atom. The number of nitriles is 1. The number of aryl methyl sites for hydroxylation is 1. The van der Waals surface area contributed by atoms with Crippen molar-refractivity contribution in [2.75, 3.05) is 12.4 Å². The summed E-state index contributed by atoms with van der Waals surface area (Å²) in [6.07, 6.45) is 1.46. The van der Waals surface area contributed by atoms with E-state index in [2.05, 4.69) is 16.4 Å². The van der Waals surface area contributed by atoms with E-state index in [1.54, 1.807) is 24.4 Å². The number of nitrogens with zero attached hydrogens (tertiary/aromatic N) is 4. The molecule has 1 heterocycles. The predicted octanol–water partition coefficient (Wildman–Crippen LogP) is 4.92. The number of thiazole rings is 1. The smallest absolute Gasteiger partial charge is 0.311 e. The summed E-state index contributed by atoms with van der Waals surface area (Å²) < 4.78 is 5.08. The van der Waals surface area contributed by atoms with E-state index in [0.717, 1.165) is 0 Å². The van der Waals surface area contributed by atoms with Crippen molar-refractivity contribution < 1.29 is 14.6 Å². The number of hydrogen-bond donors (Lipinski definition) is 1. The number of aromatic nitrogens is 1. The SMILES string of the molecule is COc1cc(N/C=C(\C#N)c2nc(-c3ccc([N+](=O)[O-])cc3)cs2)c(C)cc1[N+](=O)[O-]. The van der Waals surface area contributed by atoms with E-state index in [4.69, 9.17) is 4.74 Å². The van der Waals surface area contributed by atoms with Crippen LogP contribution in [-0.4, -0.2) is 21.9 Å². The Hall–Kier alpha value is -4.30. The molecule has 0 atom stereocenters. The number of ether oxygens (including phenoxy) is 1. The van der Waals surface area contributed by atoms with E-state index in [-0.39, 0.29) is 22.7 Å². The highest BCUT2D eigenvalue weighted by Crippen LogP contribution is 2.33. The molecule has 0 fully saturated rings. The van der Waals surface area contributed by atoms with Crippen LogP contribution in [0.25, 0.3) is 16.8 Å². The molecular weight excluding hydrogens is 422 g/mol. The third-order valence-corrected chi connectivity index (χ3v) is 5.20. The Labute approximate surface area is 180 Å². The summed E-state index contributed by atoms with van der Waals surface area (Å²) in [6.45, 7) is 1.70. The minimum absolute atomic E-state index is 0.0186. The van der Waals surface area contributed by atoms with Gasteiger partial charge in [-0.15, -0.1) is 11.3 Å². The highest BCUT2D eigenvalue weighted by atomic mass is 32.1. The molecule has 10 nitrogen and oxygen atoms in total.